The summed E-state index contributed by atoms with van der Waals surface area (Å²) in [7, 11) is -2.59. The van der Waals surface area contributed by atoms with Gasteiger partial charge in [0.15, 0.2) is 0 Å². The molecule has 92 valence electrons. The Hall–Kier alpha value is -1.32. The van der Waals surface area contributed by atoms with Gasteiger partial charge in [0.25, 0.3) is 0 Å². The van der Waals surface area contributed by atoms with Gasteiger partial charge in [0, 0.05) is 17.5 Å². The van der Waals surface area contributed by atoms with Gasteiger partial charge in [-0.15, -0.1) is 5.17 Å². The van der Waals surface area contributed by atoms with Crippen molar-refractivity contribution in [2.75, 3.05) is 12.3 Å². The van der Waals surface area contributed by atoms with Crippen LogP contribution in [0.4, 0.5) is 0 Å². The van der Waals surface area contributed by atoms with E-state index in [0.29, 0.717) is 12.3 Å². The lowest BCUT2D eigenvalue weighted by Gasteiger charge is -2.24. The molecule has 1 aliphatic heterocycles. The van der Waals surface area contributed by atoms with E-state index >= 15 is 0 Å². The van der Waals surface area contributed by atoms with Gasteiger partial charge in [-0.3, -0.25) is 4.57 Å². The number of nitrogens with one attached hydrogen (secondary N) is 1. The largest absolute Gasteiger partial charge is 0.291 e. The lowest BCUT2D eigenvalue weighted by Crippen LogP contribution is -2.41. The predicted octanol–water partition coefficient (Wildman–Crippen LogP) is 1.03. The third-order valence-electron chi connectivity index (χ3n) is 2.66. The number of rotatable bonds is 4. The smallest absolute Gasteiger partial charge is 0.229 e. The fraction of sp³-hybridized carbons (Fsp3) is 0.364. The summed E-state index contributed by atoms with van der Waals surface area (Å²) in [5.74, 6) is 0. The summed E-state index contributed by atoms with van der Waals surface area (Å²) in [4.78, 5) is 0. The molecule has 1 aromatic carbocycles. The molecule has 1 N–H and O–H groups in total. The van der Waals surface area contributed by atoms with Crippen molar-refractivity contribution in [3.05, 3.63) is 34.8 Å². The molecular weight excluding hydrogens is 237 g/mol. The first-order valence-corrected chi connectivity index (χ1v) is 7.63. The molecule has 0 aromatic heterocycles. The summed E-state index contributed by atoms with van der Waals surface area (Å²) < 4.78 is 17.6. The van der Waals surface area contributed by atoms with Crippen LogP contribution in [0.25, 0.3) is 6.20 Å². The van der Waals surface area contributed by atoms with Crippen molar-refractivity contribution in [1.82, 2.24) is 10.7 Å². The van der Waals surface area contributed by atoms with Crippen LogP contribution < -0.4 is 16.1 Å². The lowest BCUT2D eigenvalue weighted by molar-refractivity contribution is -0.0365. The fourth-order valence-electron chi connectivity index (χ4n) is 1.50. The van der Waals surface area contributed by atoms with Crippen LogP contribution in [-0.2, 0) is 9.19 Å². The third-order valence-corrected chi connectivity index (χ3v) is 5.06. The van der Waals surface area contributed by atoms with E-state index in [9.17, 15) is 4.57 Å². The van der Waals surface area contributed by atoms with Crippen LogP contribution in [0.5, 0.6) is 0 Å². The van der Waals surface area contributed by atoms with Crippen molar-refractivity contribution in [1.29, 1.82) is 0 Å². The Morgan fingerprint density at radius 3 is 2.76 bits per heavy atom. The summed E-state index contributed by atoms with van der Waals surface area (Å²) in [5, 5.41) is 7.23. The van der Waals surface area contributed by atoms with Gasteiger partial charge in [-0.05, 0) is 6.07 Å². The molecule has 0 saturated carbocycles. The van der Waals surface area contributed by atoms with Gasteiger partial charge in [0.05, 0.1) is 11.6 Å². The van der Waals surface area contributed by atoms with E-state index in [2.05, 4.69) is 10.6 Å². The van der Waals surface area contributed by atoms with Gasteiger partial charge in [-0.1, -0.05) is 32.0 Å². The van der Waals surface area contributed by atoms with E-state index in [0.717, 1.165) is 10.6 Å². The molecule has 0 aliphatic carbocycles. The number of nitrogens with zero attached hydrogens (tertiary/aromatic N) is 2. The van der Waals surface area contributed by atoms with Crippen LogP contribution in [0.2, 0.25) is 0 Å². The highest BCUT2D eigenvalue weighted by Crippen LogP contribution is 2.46. The Balaban J connectivity index is 2.23. The Bertz CT molecular complexity index is 550. The lowest BCUT2D eigenvalue weighted by atomic mass is 10.3. The van der Waals surface area contributed by atoms with E-state index in [-0.39, 0.29) is 0 Å². The predicted molar refractivity (Wildman–Crippen MR) is 66.4 cm³/mol. The molecule has 6 heteroatoms. The minimum Gasteiger partial charge on any atom is -0.291 e. The SMILES string of the molecule is CCP(=O)(CC)ON1C=c2ccccc2=NN1. The van der Waals surface area contributed by atoms with Crippen LogP contribution in [0, 0.1) is 0 Å². The average molecular weight is 253 g/mol. The standard InChI is InChI=1S/C11H16N3O2P/c1-3-17(15,4-2)16-14-9-10-7-5-6-8-11(10)12-13-14/h5-9,13H,3-4H2,1-2H3. The van der Waals surface area contributed by atoms with Crippen LogP contribution in [0.1, 0.15) is 13.8 Å². The second-order valence-corrected chi connectivity index (χ2v) is 6.81. The van der Waals surface area contributed by atoms with Crippen molar-refractivity contribution in [3.63, 3.8) is 0 Å². The molecule has 0 amide bonds. The maximum absolute atomic E-state index is 12.2. The molecule has 1 aliphatic rings. The van der Waals surface area contributed by atoms with E-state index < -0.39 is 7.37 Å². The fourth-order valence-corrected chi connectivity index (χ4v) is 2.58. The molecule has 1 aromatic rings. The second kappa shape index (κ2) is 4.90. The van der Waals surface area contributed by atoms with Crippen LogP contribution in [-0.4, -0.2) is 17.5 Å². The summed E-state index contributed by atoms with van der Waals surface area (Å²) in [6.45, 7) is 3.72. The molecule has 1 heterocycles. The number of fused-ring (bicyclic) bond motifs is 1. The first kappa shape index (κ1) is 12.1. The zero-order valence-electron chi connectivity index (χ0n) is 9.96. The number of benzene rings is 1. The number of hydrazine groups is 1. The molecule has 0 saturated heterocycles. The van der Waals surface area contributed by atoms with Crippen LogP contribution in [0.3, 0.4) is 0 Å². The van der Waals surface area contributed by atoms with Crippen molar-refractivity contribution in [3.8, 4) is 0 Å². The topological polar surface area (TPSA) is 53.9 Å². The van der Waals surface area contributed by atoms with E-state index in [1.165, 1.54) is 5.17 Å². The van der Waals surface area contributed by atoms with Gasteiger partial charge in [-0.25, -0.2) is 0 Å². The Kier molecular flexibility index (Phi) is 3.50. The number of hydroxylamine groups is 1. The average Bonchev–Trinajstić information content (AvgIpc) is 2.38. The highest BCUT2D eigenvalue weighted by Gasteiger charge is 2.22. The van der Waals surface area contributed by atoms with E-state index in [4.69, 9.17) is 4.62 Å². The molecular formula is C11H16N3O2P. The molecule has 0 spiro atoms. The van der Waals surface area contributed by atoms with Crippen molar-refractivity contribution in [2.24, 2.45) is 5.10 Å². The van der Waals surface area contributed by atoms with E-state index in [1.54, 1.807) is 6.20 Å². The molecule has 0 unspecified atom stereocenters. The Labute approximate surface area is 100 Å². The number of hydrogen-bond donors (Lipinski definition) is 1. The van der Waals surface area contributed by atoms with Gasteiger partial charge in [0.1, 0.15) is 0 Å². The summed E-state index contributed by atoms with van der Waals surface area (Å²) in [6, 6.07) is 7.67. The number of hydrogen-bond acceptors (Lipinski definition) is 5. The first-order chi connectivity index (χ1) is 8.17. The Morgan fingerprint density at radius 2 is 2.06 bits per heavy atom. The molecule has 0 atom stereocenters. The highest BCUT2D eigenvalue weighted by molar-refractivity contribution is 7.58. The summed E-state index contributed by atoms with van der Waals surface area (Å²) in [6.07, 6.45) is 2.77. The second-order valence-electron chi connectivity index (χ2n) is 3.75. The number of para-hydroxylation sites is 1. The maximum Gasteiger partial charge on any atom is 0.229 e. The molecule has 2 rings (SSSR count). The van der Waals surface area contributed by atoms with E-state index in [1.807, 2.05) is 38.1 Å². The molecule has 5 nitrogen and oxygen atoms in total. The third kappa shape index (κ3) is 2.68. The Morgan fingerprint density at radius 1 is 1.35 bits per heavy atom. The molecule has 0 fully saturated rings. The van der Waals surface area contributed by atoms with Gasteiger partial charge in [-0.2, -0.15) is 15.3 Å². The quantitative estimate of drug-likeness (QED) is 0.814. The monoisotopic (exact) mass is 253 g/mol. The molecule has 0 bridgehead atoms. The zero-order valence-corrected chi connectivity index (χ0v) is 10.9. The van der Waals surface area contributed by atoms with Crippen LogP contribution in [0.15, 0.2) is 29.4 Å². The van der Waals surface area contributed by atoms with Crippen molar-refractivity contribution in [2.45, 2.75) is 13.8 Å². The van der Waals surface area contributed by atoms with Gasteiger partial charge >= 0.3 is 0 Å². The minimum atomic E-state index is -2.59. The van der Waals surface area contributed by atoms with Crippen molar-refractivity contribution >= 4 is 13.6 Å². The molecule has 0 radical (unpaired) electrons. The normalized spacial score (nSPS) is 14.4. The minimum absolute atomic E-state index is 0.511. The molecule has 17 heavy (non-hydrogen) atoms. The van der Waals surface area contributed by atoms with Crippen molar-refractivity contribution < 1.29 is 9.19 Å². The highest BCUT2D eigenvalue weighted by atomic mass is 31.2. The first-order valence-electron chi connectivity index (χ1n) is 5.64. The van der Waals surface area contributed by atoms with Gasteiger partial charge in [0.2, 0.25) is 7.37 Å². The zero-order chi connectivity index (χ0) is 12.3. The summed E-state index contributed by atoms with van der Waals surface area (Å²) >= 11 is 0. The van der Waals surface area contributed by atoms with Crippen LogP contribution >= 0.6 is 7.37 Å². The maximum atomic E-state index is 12.2. The van der Waals surface area contributed by atoms with Gasteiger partial charge < -0.3 is 0 Å². The summed E-state index contributed by atoms with van der Waals surface area (Å²) in [5.41, 5.74) is 2.71.